The summed E-state index contributed by atoms with van der Waals surface area (Å²) in [6.07, 6.45) is -0.352. The van der Waals surface area contributed by atoms with Gasteiger partial charge in [0.05, 0.1) is 0 Å². The third-order valence-corrected chi connectivity index (χ3v) is 1.64. The zero-order valence-corrected chi connectivity index (χ0v) is 6.67. The first-order valence-corrected chi connectivity index (χ1v) is 4.06. The fourth-order valence-electron chi connectivity index (χ4n) is 0.597. The maximum Gasteiger partial charge on any atom is 0.450 e. The highest BCUT2D eigenvalue weighted by molar-refractivity contribution is 7.62. The van der Waals surface area contributed by atoms with Crippen molar-refractivity contribution in [3.8, 4) is 6.07 Å². The molecule has 1 rings (SSSR count). The summed E-state index contributed by atoms with van der Waals surface area (Å²) in [6, 6.07) is 1.75. The van der Waals surface area contributed by atoms with Crippen LogP contribution in [0.2, 0.25) is 0 Å². The summed E-state index contributed by atoms with van der Waals surface area (Å²) in [4.78, 5) is 10.5. The van der Waals surface area contributed by atoms with Gasteiger partial charge in [-0.1, -0.05) is 4.36 Å². The van der Waals surface area contributed by atoms with Crippen LogP contribution in [0, 0.1) is 11.3 Å². The van der Waals surface area contributed by atoms with Gasteiger partial charge in [0, 0.05) is 12.8 Å². The van der Waals surface area contributed by atoms with Crippen molar-refractivity contribution in [1.82, 2.24) is 0 Å². The molecular weight excluding hydrogens is 184 g/mol. The number of hydrogen-bond donors (Lipinski definition) is 0. The van der Waals surface area contributed by atoms with Crippen molar-refractivity contribution in [3.05, 3.63) is 0 Å². The van der Waals surface area contributed by atoms with Crippen LogP contribution in [-0.4, -0.2) is 20.1 Å². The van der Waals surface area contributed by atoms with E-state index >= 15 is 0 Å². The molecule has 1 aliphatic rings. The molecule has 0 saturated heterocycles. The third-order valence-electron chi connectivity index (χ3n) is 1.34. The third kappa shape index (κ3) is 2.03. The minimum absolute atomic E-state index is 0.441. The molecule has 0 atom stereocenters. The lowest BCUT2D eigenvalue weighted by Gasteiger charge is -2.01. The van der Waals surface area contributed by atoms with Crippen molar-refractivity contribution >= 4 is 16.6 Å². The predicted molar refractivity (Wildman–Crippen MR) is 35.4 cm³/mol. The highest BCUT2D eigenvalue weighted by Crippen LogP contribution is 2.38. The minimum atomic E-state index is -2.81. The second-order valence-corrected chi connectivity index (χ2v) is 2.90. The van der Waals surface area contributed by atoms with Crippen molar-refractivity contribution in [1.29, 1.82) is 5.26 Å². The molecule has 1 amide bonds. The fraction of sp³-hybridized carbons (Fsp3) is 0.600. The molecule has 1 saturated carbocycles. The van der Waals surface area contributed by atoms with Gasteiger partial charge in [0.2, 0.25) is 0 Å². The van der Waals surface area contributed by atoms with E-state index in [4.69, 9.17) is 5.26 Å². The van der Waals surface area contributed by atoms with Gasteiger partial charge in [-0.05, 0) is 0 Å². The highest BCUT2D eigenvalue weighted by Gasteiger charge is 2.47. The van der Waals surface area contributed by atoms with Gasteiger partial charge in [-0.15, -0.1) is 0 Å². The van der Waals surface area contributed by atoms with Gasteiger partial charge >= 0.3 is 16.6 Å². The zero-order valence-electron chi connectivity index (χ0n) is 5.85. The van der Waals surface area contributed by atoms with E-state index in [-0.39, 0.29) is 0 Å². The lowest BCUT2D eigenvalue weighted by atomic mass is 10.4. The summed E-state index contributed by atoms with van der Waals surface area (Å²) >= 11 is 0. The number of carbonyl (C=O) groups is 1. The molecular formula is C5H4N2O4S. The van der Waals surface area contributed by atoms with Crippen molar-refractivity contribution in [2.75, 3.05) is 0 Å². The minimum Gasteiger partial charge on any atom is -0.425 e. The summed E-state index contributed by atoms with van der Waals surface area (Å²) in [5.74, 6) is 0. The van der Waals surface area contributed by atoms with E-state index in [1.807, 2.05) is 0 Å². The van der Waals surface area contributed by atoms with Gasteiger partial charge in [-0.25, -0.2) is 4.79 Å². The second-order valence-electron chi connectivity index (χ2n) is 2.28. The topological polar surface area (TPSA) is 96.6 Å². The molecule has 0 heterocycles. The lowest BCUT2D eigenvalue weighted by molar-refractivity contribution is 0.122. The molecule has 12 heavy (non-hydrogen) atoms. The van der Waals surface area contributed by atoms with Crippen LogP contribution in [0.5, 0.6) is 0 Å². The van der Waals surface area contributed by atoms with Crippen molar-refractivity contribution < 1.29 is 17.9 Å². The van der Waals surface area contributed by atoms with Crippen LogP contribution in [0.1, 0.15) is 12.8 Å². The number of amides is 1. The molecule has 7 heteroatoms. The van der Waals surface area contributed by atoms with Gasteiger partial charge in [0.25, 0.3) is 0 Å². The van der Waals surface area contributed by atoms with E-state index in [0.29, 0.717) is 12.8 Å². The van der Waals surface area contributed by atoms with Crippen molar-refractivity contribution in [2.24, 2.45) is 4.36 Å². The molecule has 6 nitrogen and oxygen atoms in total. The molecule has 0 bridgehead atoms. The average Bonchev–Trinajstić information content (AvgIpc) is 2.67. The predicted octanol–water partition coefficient (Wildman–Crippen LogP) is 0.242. The molecule has 0 radical (unpaired) electrons. The largest absolute Gasteiger partial charge is 0.450 e. The van der Waals surface area contributed by atoms with E-state index in [2.05, 4.69) is 9.10 Å². The summed E-state index contributed by atoms with van der Waals surface area (Å²) in [7, 11) is -2.81. The maximum absolute atomic E-state index is 10.5. The Kier molecular flexibility index (Phi) is 2.10. The number of ether oxygens (including phenoxy) is 1. The molecule has 0 aromatic heterocycles. The van der Waals surface area contributed by atoms with Crippen molar-refractivity contribution in [2.45, 2.75) is 18.4 Å². The van der Waals surface area contributed by atoms with Gasteiger partial charge < -0.3 is 4.74 Å². The molecule has 1 fully saturated rings. The van der Waals surface area contributed by atoms with E-state index in [1.54, 1.807) is 6.07 Å². The number of nitrogens with zero attached hydrogens (tertiary/aromatic N) is 2. The van der Waals surface area contributed by atoms with Crippen LogP contribution in [0.25, 0.3) is 0 Å². The van der Waals surface area contributed by atoms with Crippen LogP contribution in [0.4, 0.5) is 4.79 Å². The summed E-state index contributed by atoms with van der Waals surface area (Å²) in [6.45, 7) is 0. The van der Waals surface area contributed by atoms with E-state index in [1.165, 1.54) is 0 Å². The number of nitriles is 1. The average molecular weight is 188 g/mol. The summed E-state index contributed by atoms with van der Waals surface area (Å²) < 4.78 is 26.7. The Labute approximate surface area is 69.5 Å². The van der Waals surface area contributed by atoms with E-state index in [9.17, 15) is 13.2 Å². The Morgan fingerprint density at radius 2 is 2.17 bits per heavy atom. The Hall–Kier alpha value is -1.42. The second kappa shape index (κ2) is 2.91. The maximum atomic E-state index is 10.5. The van der Waals surface area contributed by atoms with Crippen LogP contribution in [0.15, 0.2) is 4.36 Å². The molecule has 0 aromatic rings. The van der Waals surface area contributed by atoms with Gasteiger partial charge in [0.1, 0.15) is 6.07 Å². The quantitative estimate of drug-likeness (QED) is 0.587. The Bertz CT molecular complexity index is 365. The highest BCUT2D eigenvalue weighted by atomic mass is 32.2. The van der Waals surface area contributed by atoms with E-state index < -0.39 is 22.2 Å². The van der Waals surface area contributed by atoms with Gasteiger partial charge in [-0.3, -0.25) is 0 Å². The lowest BCUT2D eigenvalue weighted by Crippen LogP contribution is -2.14. The molecule has 0 aromatic carbocycles. The monoisotopic (exact) mass is 188 g/mol. The molecule has 0 spiro atoms. The van der Waals surface area contributed by atoms with Crippen LogP contribution in [0.3, 0.4) is 0 Å². The molecule has 64 valence electrons. The van der Waals surface area contributed by atoms with Gasteiger partial charge in [0.15, 0.2) is 5.60 Å². The Balaban J connectivity index is 2.60. The molecule has 0 N–H and O–H groups in total. The van der Waals surface area contributed by atoms with E-state index in [0.717, 1.165) is 0 Å². The van der Waals surface area contributed by atoms with Crippen LogP contribution >= 0.6 is 0 Å². The van der Waals surface area contributed by atoms with Crippen molar-refractivity contribution in [3.63, 3.8) is 0 Å². The SMILES string of the molecule is N#CC1(OC(=O)N=S(=O)=O)CC1. The Morgan fingerprint density at radius 3 is 2.50 bits per heavy atom. The number of rotatable bonds is 1. The van der Waals surface area contributed by atoms with Crippen LogP contribution in [-0.2, 0) is 15.2 Å². The normalized spacial score (nSPS) is 17.2. The molecule has 0 aliphatic heterocycles. The standard InChI is InChI=1S/C5H4N2O4S/c6-3-5(1-2-5)11-4(8)7-12(9)10/h1-2H2. The van der Waals surface area contributed by atoms with Crippen LogP contribution < -0.4 is 0 Å². The smallest absolute Gasteiger partial charge is 0.425 e. The number of carbonyl (C=O) groups excluding carboxylic acids is 1. The number of hydrogen-bond acceptors (Lipinski definition) is 5. The summed E-state index contributed by atoms with van der Waals surface area (Å²) in [5.41, 5.74) is -1.11. The Morgan fingerprint density at radius 1 is 1.58 bits per heavy atom. The first-order chi connectivity index (χ1) is 5.58. The first kappa shape index (κ1) is 8.67. The zero-order chi connectivity index (χ0) is 9.19. The first-order valence-electron chi connectivity index (χ1n) is 3.03. The molecule has 0 unspecified atom stereocenters. The van der Waals surface area contributed by atoms with Gasteiger partial charge in [-0.2, -0.15) is 13.7 Å². The molecule has 1 aliphatic carbocycles. The fourth-order valence-corrected chi connectivity index (χ4v) is 0.756. The summed E-state index contributed by atoms with van der Waals surface area (Å²) in [5, 5.41) is 8.42.